The van der Waals surface area contributed by atoms with Crippen LogP contribution in [-0.2, 0) is 10.0 Å². The number of thioether (sulfide) groups is 1. The second kappa shape index (κ2) is 7.27. The molecule has 0 aliphatic carbocycles. The van der Waals surface area contributed by atoms with Crippen LogP contribution in [0.5, 0.6) is 0 Å². The first-order valence-electron chi connectivity index (χ1n) is 7.89. The summed E-state index contributed by atoms with van der Waals surface area (Å²) >= 11 is 6.88. The zero-order valence-electron chi connectivity index (χ0n) is 13.9. The van der Waals surface area contributed by atoms with Gasteiger partial charge in [-0.1, -0.05) is 66.8 Å². The van der Waals surface area contributed by atoms with E-state index in [9.17, 15) is 8.42 Å². The maximum absolute atomic E-state index is 13.2. The third kappa shape index (κ3) is 3.63. The lowest BCUT2D eigenvalue weighted by molar-refractivity contribution is 0.572. The van der Waals surface area contributed by atoms with Gasteiger partial charge in [0.15, 0.2) is 5.17 Å². The van der Waals surface area contributed by atoms with E-state index in [1.54, 1.807) is 24.3 Å². The number of hydrogen-bond donors (Lipinski definition) is 0. The zero-order valence-corrected chi connectivity index (χ0v) is 16.4. The summed E-state index contributed by atoms with van der Waals surface area (Å²) in [5.74, 6) is 0. The molecule has 4 nitrogen and oxygen atoms in total. The molecule has 0 spiro atoms. The average molecular weight is 391 g/mol. The van der Waals surface area contributed by atoms with Crippen LogP contribution in [0.3, 0.4) is 0 Å². The van der Waals surface area contributed by atoms with Crippen molar-refractivity contribution in [3.8, 4) is 0 Å². The molecule has 0 unspecified atom stereocenters. The molecule has 0 bridgehead atoms. The molecule has 3 rings (SSSR count). The van der Waals surface area contributed by atoms with E-state index in [1.165, 1.54) is 16.1 Å². The van der Waals surface area contributed by atoms with E-state index in [2.05, 4.69) is 4.99 Å². The summed E-state index contributed by atoms with van der Waals surface area (Å²) in [5, 5.41) is 0.335. The van der Waals surface area contributed by atoms with E-state index < -0.39 is 10.0 Å². The van der Waals surface area contributed by atoms with Crippen LogP contribution < -0.4 is 0 Å². The van der Waals surface area contributed by atoms with E-state index in [4.69, 9.17) is 12.2 Å². The largest absolute Gasteiger partial charge is 0.270 e. The molecule has 130 valence electrons. The normalized spacial score (nSPS) is 19.6. The van der Waals surface area contributed by atoms with Gasteiger partial charge in [-0.3, -0.25) is 0 Å². The molecule has 1 heterocycles. The highest BCUT2D eigenvalue weighted by Crippen LogP contribution is 2.36. The molecule has 0 aromatic heterocycles. The number of rotatable bonds is 4. The van der Waals surface area contributed by atoms with Gasteiger partial charge in [0.25, 0.3) is 10.0 Å². The quantitative estimate of drug-likeness (QED) is 0.720. The Morgan fingerprint density at radius 3 is 2.36 bits per heavy atom. The third-order valence-electron chi connectivity index (χ3n) is 3.81. The number of hydrogen-bond acceptors (Lipinski definition) is 5. The summed E-state index contributed by atoms with van der Waals surface area (Å²) in [6.07, 6.45) is 0.747. The second-order valence-electron chi connectivity index (χ2n) is 5.67. The topological polar surface area (TPSA) is 49.7 Å². The fourth-order valence-corrected chi connectivity index (χ4v) is 5.95. The average Bonchev–Trinajstić information content (AvgIpc) is 2.92. The van der Waals surface area contributed by atoms with Crippen LogP contribution in [0.2, 0.25) is 0 Å². The molecule has 2 aromatic rings. The maximum Gasteiger partial charge on any atom is 0.270 e. The molecule has 1 atom stereocenters. The Kier molecular flexibility index (Phi) is 5.27. The van der Waals surface area contributed by atoms with Crippen molar-refractivity contribution in [3.63, 3.8) is 0 Å². The summed E-state index contributed by atoms with van der Waals surface area (Å²) in [4.78, 5) is 5.15. The number of benzene rings is 2. The van der Waals surface area contributed by atoms with Crippen molar-refractivity contribution in [1.29, 1.82) is 0 Å². The van der Waals surface area contributed by atoms with Crippen molar-refractivity contribution in [2.24, 2.45) is 4.99 Å². The lowest BCUT2D eigenvalue weighted by Gasteiger charge is -2.19. The molecular formula is C18H18N2O2S3. The van der Waals surface area contributed by atoms with Crippen molar-refractivity contribution in [3.05, 3.63) is 60.2 Å². The summed E-state index contributed by atoms with van der Waals surface area (Å²) < 4.78 is 27.5. The monoisotopic (exact) mass is 390 g/mol. The Labute approximate surface area is 158 Å². The van der Waals surface area contributed by atoms with Crippen LogP contribution in [0.4, 0.5) is 5.69 Å². The van der Waals surface area contributed by atoms with Gasteiger partial charge in [0, 0.05) is 0 Å². The van der Waals surface area contributed by atoms with E-state index in [0.29, 0.717) is 15.8 Å². The van der Waals surface area contributed by atoms with E-state index >= 15 is 0 Å². The van der Waals surface area contributed by atoms with Crippen LogP contribution in [0.1, 0.15) is 18.9 Å². The molecular weight excluding hydrogens is 372 g/mol. The Morgan fingerprint density at radius 1 is 1.12 bits per heavy atom. The van der Waals surface area contributed by atoms with E-state index in [0.717, 1.165) is 12.0 Å². The van der Waals surface area contributed by atoms with Crippen molar-refractivity contribution in [2.75, 3.05) is 0 Å². The number of nitrogens with zero attached hydrogens (tertiary/aromatic N) is 2. The predicted molar refractivity (Wildman–Crippen MR) is 108 cm³/mol. The van der Waals surface area contributed by atoms with Crippen molar-refractivity contribution in [2.45, 2.75) is 30.4 Å². The van der Waals surface area contributed by atoms with Gasteiger partial charge in [0.05, 0.1) is 15.8 Å². The highest BCUT2D eigenvalue weighted by Gasteiger charge is 2.41. The highest BCUT2D eigenvalue weighted by atomic mass is 32.2. The summed E-state index contributed by atoms with van der Waals surface area (Å²) in [5.41, 5.74) is 1.70. The van der Waals surface area contributed by atoms with Crippen LogP contribution >= 0.6 is 24.0 Å². The molecule has 1 saturated heterocycles. The lowest BCUT2D eigenvalue weighted by atomic mass is 10.2. The molecule has 1 aliphatic rings. The van der Waals surface area contributed by atoms with E-state index in [1.807, 2.05) is 44.2 Å². The van der Waals surface area contributed by atoms with Crippen LogP contribution in [0.15, 0.2) is 64.5 Å². The Balaban J connectivity index is 2.07. The van der Waals surface area contributed by atoms with Gasteiger partial charge in [-0.15, -0.1) is 0 Å². The zero-order chi connectivity index (χ0) is 18.0. The smallest absolute Gasteiger partial charge is 0.224 e. The fraction of sp³-hybridized carbons (Fsp3) is 0.222. The minimum Gasteiger partial charge on any atom is -0.224 e. The lowest BCUT2D eigenvalue weighted by Crippen LogP contribution is -2.36. The SMILES string of the molecule is CC[C@@H]1SC(=Nc2ccccc2)N(S(=O)(=O)c2ccc(C)cc2)C1=S. The number of thiocarbonyl (C=S) groups is 1. The molecule has 0 saturated carbocycles. The number of para-hydroxylation sites is 1. The molecule has 2 aromatic carbocycles. The first-order chi connectivity index (χ1) is 11.9. The Hall–Kier alpha value is -1.70. The van der Waals surface area contributed by atoms with Gasteiger partial charge < -0.3 is 0 Å². The molecule has 1 fully saturated rings. The minimum absolute atomic E-state index is 0.0716. The molecule has 7 heteroatoms. The fourth-order valence-electron chi connectivity index (χ4n) is 2.43. The van der Waals surface area contributed by atoms with Gasteiger partial charge in [-0.05, 0) is 37.6 Å². The summed E-state index contributed by atoms with van der Waals surface area (Å²) in [6.45, 7) is 3.91. The van der Waals surface area contributed by atoms with Crippen molar-refractivity contribution < 1.29 is 8.42 Å². The number of aryl methyl sites for hydroxylation is 1. The summed E-state index contributed by atoms with van der Waals surface area (Å²) in [6, 6.07) is 16.1. The number of sulfonamides is 1. The van der Waals surface area contributed by atoms with Gasteiger partial charge in [0.2, 0.25) is 0 Å². The van der Waals surface area contributed by atoms with E-state index in [-0.39, 0.29) is 10.1 Å². The standard InChI is InChI=1S/C18H18N2O2S3/c1-3-16-17(23)20(18(24-16)19-14-7-5-4-6-8-14)25(21,22)15-11-9-13(2)10-12-15/h4-12,16H,3H2,1-2H3/t16-/m0/s1. The molecule has 0 amide bonds. The van der Waals surface area contributed by atoms with Crippen LogP contribution in [0, 0.1) is 6.92 Å². The minimum atomic E-state index is -3.78. The molecule has 1 aliphatic heterocycles. The maximum atomic E-state index is 13.2. The Bertz CT molecular complexity index is 907. The molecule has 25 heavy (non-hydrogen) atoms. The second-order valence-corrected chi connectivity index (χ2v) is 9.04. The van der Waals surface area contributed by atoms with Crippen molar-refractivity contribution in [1.82, 2.24) is 4.31 Å². The summed E-state index contributed by atoms with van der Waals surface area (Å²) in [7, 11) is -3.78. The van der Waals surface area contributed by atoms with Gasteiger partial charge in [0.1, 0.15) is 4.99 Å². The highest BCUT2D eigenvalue weighted by molar-refractivity contribution is 8.18. The first kappa shape index (κ1) is 18.1. The van der Waals surface area contributed by atoms with Crippen molar-refractivity contribution >= 4 is 49.8 Å². The van der Waals surface area contributed by atoms with Gasteiger partial charge >= 0.3 is 0 Å². The van der Waals surface area contributed by atoms with Crippen LogP contribution in [-0.4, -0.2) is 28.1 Å². The third-order valence-corrected chi connectivity index (χ3v) is 7.70. The van der Waals surface area contributed by atoms with Gasteiger partial charge in [-0.2, -0.15) is 0 Å². The molecule has 0 N–H and O–H groups in total. The predicted octanol–water partition coefficient (Wildman–Crippen LogP) is 4.53. The Morgan fingerprint density at radius 2 is 1.76 bits per heavy atom. The molecule has 0 radical (unpaired) electrons. The first-order valence-corrected chi connectivity index (χ1v) is 10.6. The number of aliphatic imine (C=N–C) groups is 1. The van der Waals surface area contributed by atoms with Gasteiger partial charge in [-0.25, -0.2) is 17.7 Å². The number of amidine groups is 1. The van der Waals surface area contributed by atoms with Crippen LogP contribution in [0.25, 0.3) is 0 Å².